The fourth-order valence-corrected chi connectivity index (χ4v) is 2.22. The molecule has 0 saturated carbocycles. The molecule has 0 radical (unpaired) electrons. The van der Waals surface area contributed by atoms with Crippen molar-refractivity contribution >= 4 is 11.8 Å². The molecule has 25 heavy (non-hydrogen) atoms. The molecular formula is C22H34O3. The number of carbonyl (C=O) groups excluding carboxylic acids is 2. The van der Waals surface area contributed by atoms with Crippen LogP contribution in [0, 0.1) is 0 Å². The van der Waals surface area contributed by atoms with Crippen molar-refractivity contribution in [1.82, 2.24) is 0 Å². The molecule has 0 aromatic carbocycles. The first-order valence-corrected chi connectivity index (χ1v) is 9.46. The van der Waals surface area contributed by atoms with Crippen LogP contribution in [-0.2, 0) is 14.3 Å². The Hall–Kier alpha value is -1.90. The van der Waals surface area contributed by atoms with E-state index in [1.54, 1.807) is 0 Å². The molecule has 0 rings (SSSR count). The van der Waals surface area contributed by atoms with Crippen molar-refractivity contribution in [3.8, 4) is 0 Å². The largest absolute Gasteiger partial charge is 0.455 e. The second kappa shape index (κ2) is 18.4. The number of rotatable bonds is 16. The van der Waals surface area contributed by atoms with Crippen LogP contribution in [0.25, 0.3) is 0 Å². The Morgan fingerprint density at radius 3 is 2.12 bits per heavy atom. The van der Waals surface area contributed by atoms with Crippen molar-refractivity contribution in [2.24, 2.45) is 0 Å². The molecule has 0 N–H and O–H groups in total. The third-order valence-electron chi connectivity index (χ3n) is 3.65. The summed E-state index contributed by atoms with van der Waals surface area (Å²) in [5, 5.41) is 0. The van der Waals surface area contributed by atoms with Crippen molar-refractivity contribution in [2.45, 2.75) is 71.1 Å². The SMILES string of the molecule is C=CC(=O)OCC(=O)CCCCCCC/C=C\C/C=C\C/C=C\CC. The Balaban J connectivity index is 3.36. The zero-order valence-corrected chi connectivity index (χ0v) is 15.8. The molecule has 0 amide bonds. The lowest BCUT2D eigenvalue weighted by Crippen LogP contribution is -2.11. The molecule has 0 aromatic rings. The van der Waals surface area contributed by atoms with E-state index in [0.717, 1.165) is 51.0 Å². The lowest BCUT2D eigenvalue weighted by molar-refractivity contribution is -0.143. The summed E-state index contributed by atoms with van der Waals surface area (Å²) in [6.07, 6.45) is 24.6. The highest BCUT2D eigenvalue weighted by Gasteiger charge is 2.04. The van der Waals surface area contributed by atoms with Crippen LogP contribution >= 0.6 is 0 Å². The maximum absolute atomic E-state index is 11.5. The molecule has 140 valence electrons. The van der Waals surface area contributed by atoms with E-state index in [9.17, 15) is 9.59 Å². The topological polar surface area (TPSA) is 43.4 Å². The number of unbranched alkanes of at least 4 members (excludes halogenated alkanes) is 5. The summed E-state index contributed by atoms with van der Waals surface area (Å²) < 4.78 is 4.71. The molecule has 0 saturated heterocycles. The first-order valence-electron chi connectivity index (χ1n) is 9.46. The predicted molar refractivity (Wildman–Crippen MR) is 105 cm³/mol. The van der Waals surface area contributed by atoms with Crippen LogP contribution in [0.2, 0.25) is 0 Å². The van der Waals surface area contributed by atoms with Gasteiger partial charge >= 0.3 is 5.97 Å². The number of ether oxygens (including phenoxy) is 1. The molecule has 0 aliphatic rings. The van der Waals surface area contributed by atoms with Crippen molar-refractivity contribution in [1.29, 1.82) is 0 Å². The fraction of sp³-hybridized carbons (Fsp3) is 0.545. The lowest BCUT2D eigenvalue weighted by Gasteiger charge is -2.02. The van der Waals surface area contributed by atoms with Gasteiger partial charge in [0.15, 0.2) is 5.78 Å². The second-order valence-electron chi connectivity index (χ2n) is 5.95. The molecule has 3 heteroatoms. The summed E-state index contributed by atoms with van der Waals surface area (Å²) in [4.78, 5) is 22.3. The Labute approximate surface area is 153 Å². The average Bonchev–Trinajstić information content (AvgIpc) is 2.62. The number of hydrogen-bond acceptors (Lipinski definition) is 3. The quantitative estimate of drug-likeness (QED) is 0.152. The van der Waals surface area contributed by atoms with Gasteiger partial charge in [0.2, 0.25) is 0 Å². The Bertz CT molecular complexity index is 444. The number of carbonyl (C=O) groups is 2. The minimum Gasteiger partial charge on any atom is -0.455 e. The zero-order valence-electron chi connectivity index (χ0n) is 15.8. The summed E-state index contributed by atoms with van der Waals surface area (Å²) in [7, 11) is 0. The number of ketones is 1. The number of Topliss-reactive ketones (excluding diaryl/α,β-unsaturated/α-hetero) is 1. The van der Waals surface area contributed by atoms with Crippen LogP contribution < -0.4 is 0 Å². The van der Waals surface area contributed by atoms with E-state index >= 15 is 0 Å². The van der Waals surface area contributed by atoms with Gasteiger partial charge in [0, 0.05) is 12.5 Å². The molecule has 0 aliphatic carbocycles. The molecular weight excluding hydrogens is 312 g/mol. The molecule has 0 unspecified atom stereocenters. The highest BCUT2D eigenvalue weighted by molar-refractivity contribution is 5.86. The van der Waals surface area contributed by atoms with Gasteiger partial charge < -0.3 is 4.74 Å². The van der Waals surface area contributed by atoms with E-state index in [0.29, 0.717) is 6.42 Å². The maximum atomic E-state index is 11.5. The van der Waals surface area contributed by atoms with Gasteiger partial charge in [0.25, 0.3) is 0 Å². The van der Waals surface area contributed by atoms with E-state index in [-0.39, 0.29) is 12.4 Å². The van der Waals surface area contributed by atoms with Gasteiger partial charge in [-0.25, -0.2) is 4.79 Å². The molecule has 0 aromatic heterocycles. The van der Waals surface area contributed by atoms with E-state index in [2.05, 4.69) is 50.0 Å². The summed E-state index contributed by atoms with van der Waals surface area (Å²) >= 11 is 0. The van der Waals surface area contributed by atoms with Crippen molar-refractivity contribution in [3.05, 3.63) is 49.1 Å². The smallest absolute Gasteiger partial charge is 0.330 e. The maximum Gasteiger partial charge on any atom is 0.330 e. The molecule has 0 spiro atoms. The normalized spacial score (nSPS) is 11.6. The average molecular weight is 347 g/mol. The number of allylic oxidation sites excluding steroid dienone is 6. The molecule has 0 aliphatic heterocycles. The second-order valence-corrected chi connectivity index (χ2v) is 5.95. The highest BCUT2D eigenvalue weighted by atomic mass is 16.5. The van der Waals surface area contributed by atoms with Crippen molar-refractivity contribution in [2.75, 3.05) is 6.61 Å². The standard InChI is InChI=1S/C22H34O3/c1-3-5-6-7-8-9-10-11-12-13-14-15-16-17-18-19-21(23)20-25-22(24)4-2/h4-6,8-9,11-12H,2-3,7,10,13-20H2,1H3/b6-5-,9-8-,12-11-. The molecule has 0 heterocycles. The van der Waals surface area contributed by atoms with Gasteiger partial charge in [-0.2, -0.15) is 0 Å². The van der Waals surface area contributed by atoms with Crippen LogP contribution in [-0.4, -0.2) is 18.4 Å². The fourth-order valence-electron chi connectivity index (χ4n) is 2.22. The van der Waals surface area contributed by atoms with Gasteiger partial charge in [-0.3, -0.25) is 4.79 Å². The molecule has 0 atom stereocenters. The van der Waals surface area contributed by atoms with Gasteiger partial charge in [0.05, 0.1) is 0 Å². The lowest BCUT2D eigenvalue weighted by atomic mass is 10.1. The molecule has 0 fully saturated rings. The van der Waals surface area contributed by atoms with E-state index in [4.69, 9.17) is 4.74 Å². The Morgan fingerprint density at radius 1 is 0.840 bits per heavy atom. The van der Waals surface area contributed by atoms with E-state index in [1.807, 2.05) is 0 Å². The van der Waals surface area contributed by atoms with E-state index < -0.39 is 5.97 Å². The zero-order chi connectivity index (χ0) is 18.6. The first kappa shape index (κ1) is 23.1. The third kappa shape index (κ3) is 18.3. The first-order chi connectivity index (χ1) is 12.2. The summed E-state index contributed by atoms with van der Waals surface area (Å²) in [6.45, 7) is 5.31. The van der Waals surface area contributed by atoms with Crippen LogP contribution in [0.3, 0.4) is 0 Å². The molecule has 0 bridgehead atoms. The van der Waals surface area contributed by atoms with Crippen LogP contribution in [0.4, 0.5) is 0 Å². The van der Waals surface area contributed by atoms with Gasteiger partial charge in [-0.1, -0.05) is 69.2 Å². The van der Waals surface area contributed by atoms with Crippen LogP contribution in [0.1, 0.15) is 71.1 Å². The predicted octanol–water partition coefficient (Wildman–Crippen LogP) is 5.87. The number of esters is 1. The van der Waals surface area contributed by atoms with Crippen LogP contribution in [0.5, 0.6) is 0 Å². The van der Waals surface area contributed by atoms with Gasteiger partial charge in [0.1, 0.15) is 6.61 Å². The monoisotopic (exact) mass is 346 g/mol. The van der Waals surface area contributed by atoms with E-state index in [1.165, 1.54) is 12.8 Å². The van der Waals surface area contributed by atoms with Crippen molar-refractivity contribution < 1.29 is 14.3 Å². The molecule has 3 nitrogen and oxygen atoms in total. The highest BCUT2D eigenvalue weighted by Crippen LogP contribution is 2.08. The van der Waals surface area contributed by atoms with Gasteiger partial charge in [-0.15, -0.1) is 0 Å². The number of hydrogen-bond donors (Lipinski definition) is 0. The summed E-state index contributed by atoms with van der Waals surface area (Å²) in [5.41, 5.74) is 0. The minimum absolute atomic E-state index is 0.0172. The summed E-state index contributed by atoms with van der Waals surface area (Å²) in [5.74, 6) is -0.554. The van der Waals surface area contributed by atoms with Gasteiger partial charge in [-0.05, 0) is 38.5 Å². The van der Waals surface area contributed by atoms with Crippen molar-refractivity contribution in [3.63, 3.8) is 0 Å². The van der Waals surface area contributed by atoms with Crippen LogP contribution in [0.15, 0.2) is 49.1 Å². The third-order valence-corrected chi connectivity index (χ3v) is 3.65. The summed E-state index contributed by atoms with van der Waals surface area (Å²) in [6, 6.07) is 0. The Kier molecular flexibility index (Phi) is 17.0. The Morgan fingerprint density at radius 2 is 1.44 bits per heavy atom. The minimum atomic E-state index is -0.537.